The van der Waals surface area contributed by atoms with Gasteiger partial charge in [-0.2, -0.15) is 0 Å². The second kappa shape index (κ2) is 8.06. The van der Waals surface area contributed by atoms with E-state index in [-0.39, 0.29) is 17.6 Å². The fourth-order valence-corrected chi connectivity index (χ4v) is 4.60. The van der Waals surface area contributed by atoms with E-state index in [0.29, 0.717) is 17.3 Å². The molecule has 0 amide bonds. The second-order valence-electron chi connectivity index (χ2n) is 6.44. The minimum Gasteiger partial charge on any atom is -0.468 e. The fourth-order valence-electron chi connectivity index (χ4n) is 3.33. The van der Waals surface area contributed by atoms with E-state index < -0.39 is 16.1 Å². The topological polar surface area (TPSA) is 52.6 Å². The van der Waals surface area contributed by atoms with E-state index in [4.69, 9.17) is 9.47 Å². The Labute approximate surface area is 155 Å². The zero-order valence-electron chi connectivity index (χ0n) is 15.0. The summed E-state index contributed by atoms with van der Waals surface area (Å²) in [7, 11) is -3.45. The first-order valence-electron chi connectivity index (χ1n) is 8.83. The number of hydrogen-bond donors (Lipinski definition) is 0. The second-order valence-corrected chi connectivity index (χ2v) is 8.43. The first kappa shape index (κ1) is 18.7. The summed E-state index contributed by atoms with van der Waals surface area (Å²) in [6, 6.07) is 18.5. The van der Waals surface area contributed by atoms with Crippen LogP contribution in [0.4, 0.5) is 0 Å². The van der Waals surface area contributed by atoms with E-state index in [2.05, 4.69) is 19.1 Å². The molecule has 2 aromatic carbocycles. The minimum absolute atomic E-state index is 0.0272. The predicted molar refractivity (Wildman–Crippen MR) is 101 cm³/mol. The zero-order valence-corrected chi connectivity index (χ0v) is 15.9. The lowest BCUT2D eigenvalue weighted by molar-refractivity contribution is -0.141. The Morgan fingerprint density at radius 1 is 1.00 bits per heavy atom. The van der Waals surface area contributed by atoms with Crippen LogP contribution in [0, 0.1) is 5.92 Å². The molecule has 0 bridgehead atoms. The third kappa shape index (κ3) is 4.17. The molecule has 1 aliphatic heterocycles. The highest BCUT2D eigenvalue weighted by Gasteiger charge is 2.35. The monoisotopic (exact) mass is 372 g/mol. The molecule has 0 fully saturated rings. The highest BCUT2D eigenvalue weighted by molar-refractivity contribution is 7.91. The summed E-state index contributed by atoms with van der Waals surface area (Å²) in [4.78, 5) is 0.301. The average Bonchev–Trinajstić information content (AvgIpc) is 2.63. The van der Waals surface area contributed by atoms with Crippen molar-refractivity contribution in [3.8, 4) is 0 Å². The normalized spacial score (nSPS) is 23.2. The fraction of sp³-hybridized carbons (Fsp3) is 0.333. The highest BCUT2D eigenvalue weighted by atomic mass is 32.2. The molecular formula is C21H24O4S. The molecule has 0 spiro atoms. The van der Waals surface area contributed by atoms with Gasteiger partial charge in [0.15, 0.2) is 9.84 Å². The van der Waals surface area contributed by atoms with Crippen molar-refractivity contribution in [2.75, 3.05) is 12.4 Å². The third-order valence-corrected chi connectivity index (χ3v) is 6.18. The molecule has 0 unspecified atom stereocenters. The van der Waals surface area contributed by atoms with Crippen LogP contribution in [0.15, 0.2) is 77.4 Å². The molecule has 3 rings (SSSR count). The molecule has 5 heteroatoms. The zero-order chi connectivity index (χ0) is 18.6. The predicted octanol–water partition coefficient (Wildman–Crippen LogP) is 4.16. The minimum atomic E-state index is -3.45. The Hall–Kier alpha value is -2.11. The first-order chi connectivity index (χ1) is 12.5. The van der Waals surface area contributed by atoms with E-state index in [1.54, 1.807) is 30.3 Å². The van der Waals surface area contributed by atoms with Gasteiger partial charge in [0.05, 0.1) is 10.8 Å². The Morgan fingerprint density at radius 2 is 1.62 bits per heavy atom. The Kier molecular flexibility index (Phi) is 5.79. The number of sulfone groups is 1. The van der Waals surface area contributed by atoms with Crippen LogP contribution >= 0.6 is 0 Å². The maximum atomic E-state index is 12.7. The van der Waals surface area contributed by atoms with E-state index in [9.17, 15) is 8.42 Å². The van der Waals surface area contributed by atoms with Crippen LogP contribution in [0.3, 0.4) is 0 Å². The summed E-state index contributed by atoms with van der Waals surface area (Å²) >= 11 is 0. The number of ether oxygens (including phenoxy) is 2. The molecule has 0 saturated carbocycles. The van der Waals surface area contributed by atoms with Crippen molar-refractivity contribution in [3.63, 3.8) is 0 Å². The van der Waals surface area contributed by atoms with Gasteiger partial charge >= 0.3 is 0 Å². The molecular weight excluding hydrogens is 348 g/mol. The van der Waals surface area contributed by atoms with Gasteiger partial charge in [0.2, 0.25) is 6.29 Å². The van der Waals surface area contributed by atoms with E-state index in [1.165, 1.54) is 0 Å². The lowest BCUT2D eigenvalue weighted by Crippen LogP contribution is -2.34. The van der Waals surface area contributed by atoms with Crippen molar-refractivity contribution in [2.45, 2.75) is 31.0 Å². The smallest absolute Gasteiger partial charge is 0.206 e. The van der Waals surface area contributed by atoms with Gasteiger partial charge in [-0.3, -0.25) is 0 Å². The van der Waals surface area contributed by atoms with Gasteiger partial charge in [-0.05, 0) is 36.6 Å². The van der Waals surface area contributed by atoms with Gasteiger partial charge in [0.1, 0.15) is 11.5 Å². The summed E-state index contributed by atoms with van der Waals surface area (Å²) in [5.41, 5.74) is 1.12. The van der Waals surface area contributed by atoms with Gasteiger partial charge in [-0.1, -0.05) is 55.5 Å². The van der Waals surface area contributed by atoms with Gasteiger partial charge in [-0.15, -0.1) is 0 Å². The summed E-state index contributed by atoms with van der Waals surface area (Å²) in [6.45, 7) is 4.48. The highest BCUT2D eigenvalue weighted by Crippen LogP contribution is 2.37. The third-order valence-electron chi connectivity index (χ3n) is 4.53. The Balaban J connectivity index is 1.86. The lowest BCUT2D eigenvalue weighted by atomic mass is 9.84. The quantitative estimate of drug-likeness (QED) is 0.764. The van der Waals surface area contributed by atoms with E-state index in [1.807, 2.05) is 31.2 Å². The molecule has 1 heterocycles. The van der Waals surface area contributed by atoms with Crippen LogP contribution < -0.4 is 0 Å². The van der Waals surface area contributed by atoms with Crippen molar-refractivity contribution in [2.24, 2.45) is 5.92 Å². The van der Waals surface area contributed by atoms with Crippen LogP contribution in [0.2, 0.25) is 0 Å². The number of hydrogen-bond acceptors (Lipinski definition) is 4. The van der Waals surface area contributed by atoms with Crippen LogP contribution in [0.1, 0.15) is 25.3 Å². The van der Waals surface area contributed by atoms with Crippen LogP contribution in [0.5, 0.6) is 0 Å². The standard InChI is InChI=1S/C21H24O4S/c1-3-24-21-20(17-10-6-4-7-11-17)16(2)14-18(25-21)15-26(22,23)19-12-8-5-9-13-19/h4-14,16,20-21H,3,15H2,1-2H3/t16-,20-,21+/m1/s1. The molecule has 2 aromatic rings. The van der Waals surface area contributed by atoms with E-state index in [0.717, 1.165) is 5.56 Å². The van der Waals surface area contributed by atoms with E-state index >= 15 is 0 Å². The molecule has 0 aromatic heterocycles. The summed E-state index contributed by atoms with van der Waals surface area (Å²) in [5, 5.41) is 0. The molecule has 138 valence electrons. The number of benzene rings is 2. The molecule has 0 N–H and O–H groups in total. The summed E-state index contributed by atoms with van der Waals surface area (Å²) in [6.07, 6.45) is 1.41. The molecule has 26 heavy (non-hydrogen) atoms. The van der Waals surface area contributed by atoms with Crippen molar-refractivity contribution >= 4 is 9.84 Å². The summed E-state index contributed by atoms with van der Waals surface area (Å²) < 4.78 is 37.1. The number of rotatable bonds is 6. The first-order valence-corrected chi connectivity index (χ1v) is 10.5. The van der Waals surface area contributed by atoms with Gasteiger partial charge in [0, 0.05) is 6.61 Å². The van der Waals surface area contributed by atoms with Gasteiger partial charge in [-0.25, -0.2) is 8.42 Å². The molecule has 0 radical (unpaired) electrons. The van der Waals surface area contributed by atoms with Gasteiger partial charge < -0.3 is 9.47 Å². The largest absolute Gasteiger partial charge is 0.468 e. The van der Waals surface area contributed by atoms with Crippen molar-refractivity contribution in [1.29, 1.82) is 0 Å². The SMILES string of the molecule is CCO[C@H]1OC(CS(=O)(=O)c2ccccc2)=C[C@@H](C)[C@@H]1c1ccccc1. The van der Waals surface area contributed by atoms with Crippen molar-refractivity contribution < 1.29 is 17.9 Å². The number of allylic oxidation sites excluding steroid dienone is 1. The molecule has 0 aliphatic carbocycles. The van der Waals surface area contributed by atoms with Gasteiger partial charge in [0.25, 0.3) is 0 Å². The Bertz CT molecular complexity index is 844. The van der Waals surface area contributed by atoms with Crippen LogP contribution in [-0.2, 0) is 19.3 Å². The molecule has 4 nitrogen and oxygen atoms in total. The molecule has 0 saturated heterocycles. The molecule has 3 atom stereocenters. The Morgan fingerprint density at radius 3 is 2.23 bits per heavy atom. The maximum Gasteiger partial charge on any atom is 0.206 e. The molecule has 1 aliphatic rings. The lowest BCUT2D eigenvalue weighted by Gasteiger charge is -2.36. The maximum absolute atomic E-state index is 12.7. The average molecular weight is 372 g/mol. The van der Waals surface area contributed by atoms with Crippen LogP contribution in [0.25, 0.3) is 0 Å². The van der Waals surface area contributed by atoms with Crippen molar-refractivity contribution in [1.82, 2.24) is 0 Å². The summed E-state index contributed by atoms with van der Waals surface area (Å²) in [5.74, 6) is 0.418. The van der Waals surface area contributed by atoms with Crippen molar-refractivity contribution in [3.05, 3.63) is 78.1 Å². The van der Waals surface area contributed by atoms with Crippen LogP contribution in [-0.4, -0.2) is 27.1 Å².